The Labute approximate surface area is 305 Å². The number of hydrogen-bond donors (Lipinski definition) is 2. The molecule has 1 aliphatic carbocycles. The largest absolute Gasteiger partial charge is 0.433 e. The van der Waals surface area contributed by atoms with Gasteiger partial charge in [0, 0.05) is 31.6 Å². The Morgan fingerprint density at radius 1 is 1.04 bits per heavy atom. The first kappa shape index (κ1) is 35.0. The predicted octanol–water partition coefficient (Wildman–Crippen LogP) is 5.82. The van der Waals surface area contributed by atoms with Gasteiger partial charge in [-0.25, -0.2) is 9.78 Å². The molecule has 5 heterocycles. The third-order valence-corrected chi connectivity index (χ3v) is 11.2. The summed E-state index contributed by atoms with van der Waals surface area (Å²) in [5, 5.41) is 10.6. The molecule has 0 bridgehead atoms. The number of benzene rings is 2. The second kappa shape index (κ2) is 13.4. The summed E-state index contributed by atoms with van der Waals surface area (Å²) in [7, 11) is 1.75. The van der Waals surface area contributed by atoms with Crippen LogP contribution in [0.25, 0.3) is 21.9 Å². The van der Waals surface area contributed by atoms with Crippen LogP contribution >= 0.6 is 11.6 Å². The summed E-state index contributed by atoms with van der Waals surface area (Å²) < 4.78 is 44.4. The molecule has 3 aliphatic rings. The Kier molecular flexibility index (Phi) is 8.88. The molecule has 1 atom stereocenters. The van der Waals surface area contributed by atoms with Gasteiger partial charge >= 0.3 is 11.9 Å². The minimum atomic E-state index is -4.67. The second-order valence-corrected chi connectivity index (χ2v) is 14.7. The van der Waals surface area contributed by atoms with Gasteiger partial charge < -0.3 is 10.2 Å². The van der Waals surface area contributed by atoms with E-state index in [4.69, 9.17) is 16.7 Å². The number of imidazole rings is 1. The number of hydrogen-bond acceptors (Lipinski definition) is 7. The van der Waals surface area contributed by atoms with E-state index in [9.17, 15) is 32.3 Å². The molecule has 3 amide bonds. The highest BCUT2D eigenvalue weighted by atomic mass is 35.5. The predicted molar refractivity (Wildman–Crippen MR) is 191 cm³/mol. The zero-order valence-electron chi connectivity index (χ0n) is 28.7. The number of piperidine rings is 2. The van der Waals surface area contributed by atoms with Crippen LogP contribution in [0.3, 0.4) is 0 Å². The smallest absolute Gasteiger partial charge is 0.319 e. The van der Waals surface area contributed by atoms with Crippen molar-refractivity contribution in [3.8, 4) is 0 Å². The lowest BCUT2D eigenvalue weighted by Crippen LogP contribution is -2.44. The highest BCUT2D eigenvalue weighted by Gasteiger charge is 2.36. The molecule has 12 nitrogen and oxygen atoms in total. The normalized spacial score (nSPS) is 21.6. The number of pyridine rings is 1. The number of rotatable bonds is 7. The molecule has 276 valence electrons. The fraction of sp³-hybridized carbons (Fsp3) is 0.405. The number of imide groups is 1. The van der Waals surface area contributed by atoms with Crippen molar-refractivity contribution in [3.63, 3.8) is 0 Å². The third kappa shape index (κ3) is 6.60. The Hall–Kier alpha value is -5.02. The average molecular weight is 749 g/mol. The lowest BCUT2D eigenvalue weighted by atomic mass is 9.79. The summed E-state index contributed by atoms with van der Waals surface area (Å²) in [5.41, 5.74) is 1.79. The number of carbonyl (C=O) groups excluding carboxylic acids is 3. The van der Waals surface area contributed by atoms with E-state index in [1.54, 1.807) is 28.3 Å². The monoisotopic (exact) mass is 748 g/mol. The van der Waals surface area contributed by atoms with Crippen LogP contribution in [0.4, 0.5) is 18.9 Å². The molecule has 3 aromatic heterocycles. The van der Waals surface area contributed by atoms with Crippen molar-refractivity contribution in [1.82, 2.24) is 34.1 Å². The zero-order valence-corrected chi connectivity index (χ0v) is 29.5. The van der Waals surface area contributed by atoms with Crippen LogP contribution in [0.15, 0.2) is 59.5 Å². The first-order valence-corrected chi connectivity index (χ1v) is 18.0. The molecule has 8 rings (SSSR count). The van der Waals surface area contributed by atoms with Crippen LogP contribution in [0, 0.1) is 5.92 Å². The number of likely N-dealkylation sites (tertiary alicyclic amines) is 1. The van der Waals surface area contributed by atoms with Gasteiger partial charge in [-0.15, -0.1) is 0 Å². The molecule has 5 aromatic rings. The van der Waals surface area contributed by atoms with Crippen molar-refractivity contribution in [2.75, 3.05) is 25.0 Å². The number of nitrogens with one attached hydrogen (secondary N) is 2. The molecular formula is C37H36ClF3N8O4. The van der Waals surface area contributed by atoms with Crippen LogP contribution in [0.2, 0.25) is 5.02 Å². The summed E-state index contributed by atoms with van der Waals surface area (Å²) in [6.45, 7) is 2.83. The fourth-order valence-corrected chi connectivity index (χ4v) is 8.34. The van der Waals surface area contributed by atoms with Crippen LogP contribution in [-0.2, 0) is 22.8 Å². The maximum absolute atomic E-state index is 13.4. The number of carbonyl (C=O) groups is 3. The number of alkyl halides is 3. The summed E-state index contributed by atoms with van der Waals surface area (Å²) in [6, 6.07) is 11.8. The molecule has 1 unspecified atom stereocenters. The number of amides is 3. The minimum Gasteiger partial charge on any atom is -0.319 e. The van der Waals surface area contributed by atoms with Crippen LogP contribution in [0.5, 0.6) is 0 Å². The van der Waals surface area contributed by atoms with Gasteiger partial charge in [0.05, 0.1) is 33.3 Å². The lowest BCUT2D eigenvalue weighted by molar-refractivity contribution is -0.141. The van der Waals surface area contributed by atoms with E-state index < -0.39 is 29.7 Å². The maximum atomic E-state index is 13.4. The number of anilines is 1. The number of nitrogens with zero attached hydrogens (tertiary/aromatic N) is 6. The van der Waals surface area contributed by atoms with Gasteiger partial charge in [0.1, 0.15) is 17.4 Å². The maximum Gasteiger partial charge on any atom is 0.433 e. The summed E-state index contributed by atoms with van der Waals surface area (Å²) in [6.07, 6.45) is 1.54. The lowest BCUT2D eigenvalue weighted by Gasteiger charge is -2.41. The van der Waals surface area contributed by atoms with E-state index in [0.29, 0.717) is 17.9 Å². The molecular weight excluding hydrogens is 713 g/mol. The standard InChI is InChI=1S/C37H36ClF3N8O4/c1-46-33-24(4-2-6-29(33)49(36(46)53)30-8-9-32(50)44-35(30)52)21-10-12-47(13-11-21)18-20-14-23(15-20)48-19-22-16-28(25(38)17-27(22)45-48)43-34(51)26-5-3-7-31(42-26)37(39,40)41/h2-7,16-17,19-21,23,30H,8-15,18H2,1H3,(H,43,51)(H,44,50,52)/t20-,23-,30?. The number of fused-ring (bicyclic) bond motifs is 2. The SMILES string of the molecule is Cn1c(=O)n(C2CCC(=O)NC2=O)c2cccc(C3CCN(C[C@H]4C[C@H](n5cc6cc(NC(=O)c7cccc(C(F)(F)F)n7)c(Cl)cc6n5)C4)CC3)c21. The molecule has 2 aromatic carbocycles. The Morgan fingerprint density at radius 3 is 2.53 bits per heavy atom. The van der Waals surface area contributed by atoms with Crippen LogP contribution in [-0.4, -0.2) is 66.2 Å². The first-order valence-electron chi connectivity index (χ1n) is 17.6. The van der Waals surface area contributed by atoms with Gasteiger partial charge in [-0.05, 0) is 92.9 Å². The van der Waals surface area contributed by atoms with Gasteiger partial charge in [-0.1, -0.05) is 29.8 Å². The van der Waals surface area contributed by atoms with E-state index in [2.05, 4.69) is 26.6 Å². The first-order chi connectivity index (χ1) is 25.3. The molecule has 53 heavy (non-hydrogen) atoms. The van der Waals surface area contributed by atoms with E-state index in [1.807, 2.05) is 23.0 Å². The fourth-order valence-electron chi connectivity index (χ4n) is 8.14. The molecule has 16 heteroatoms. The topological polar surface area (TPSA) is 136 Å². The van der Waals surface area contributed by atoms with Gasteiger partial charge in [0.25, 0.3) is 5.91 Å². The summed E-state index contributed by atoms with van der Waals surface area (Å²) in [4.78, 5) is 56.5. The third-order valence-electron chi connectivity index (χ3n) is 10.9. The van der Waals surface area contributed by atoms with Crippen molar-refractivity contribution in [2.45, 2.75) is 62.7 Å². The number of aromatic nitrogens is 5. The molecule has 0 radical (unpaired) electrons. The summed E-state index contributed by atoms with van der Waals surface area (Å²) in [5.74, 6) is -0.780. The molecule has 1 saturated carbocycles. The van der Waals surface area contributed by atoms with Crippen LogP contribution < -0.4 is 16.3 Å². The molecule has 2 aliphatic heterocycles. The van der Waals surface area contributed by atoms with E-state index >= 15 is 0 Å². The van der Waals surface area contributed by atoms with Gasteiger partial charge in [0.2, 0.25) is 11.8 Å². The van der Waals surface area contributed by atoms with Crippen molar-refractivity contribution in [2.24, 2.45) is 13.0 Å². The van der Waals surface area contributed by atoms with Crippen molar-refractivity contribution < 1.29 is 27.6 Å². The highest BCUT2D eigenvalue weighted by Crippen LogP contribution is 2.41. The Bertz CT molecular complexity index is 2340. The molecule has 0 spiro atoms. The van der Waals surface area contributed by atoms with E-state index in [1.165, 1.54) is 6.07 Å². The van der Waals surface area contributed by atoms with E-state index in [0.717, 1.165) is 79.4 Å². The van der Waals surface area contributed by atoms with Crippen molar-refractivity contribution in [1.29, 1.82) is 0 Å². The van der Waals surface area contributed by atoms with Gasteiger partial charge in [-0.3, -0.25) is 33.5 Å². The Morgan fingerprint density at radius 2 is 1.79 bits per heavy atom. The van der Waals surface area contributed by atoms with Crippen molar-refractivity contribution in [3.05, 3.63) is 87.2 Å². The van der Waals surface area contributed by atoms with Gasteiger partial charge in [-0.2, -0.15) is 18.3 Å². The Balaban J connectivity index is 0.878. The second-order valence-electron chi connectivity index (χ2n) is 14.3. The quantitative estimate of drug-likeness (QED) is 0.200. The average Bonchev–Trinajstić information content (AvgIpc) is 3.63. The van der Waals surface area contributed by atoms with Gasteiger partial charge in [0.15, 0.2) is 0 Å². The van der Waals surface area contributed by atoms with Crippen molar-refractivity contribution >= 4 is 56.9 Å². The highest BCUT2D eigenvalue weighted by molar-refractivity contribution is 6.34. The summed E-state index contributed by atoms with van der Waals surface area (Å²) >= 11 is 6.43. The van der Waals surface area contributed by atoms with E-state index in [-0.39, 0.29) is 46.4 Å². The molecule has 2 saturated heterocycles. The number of aryl methyl sites for hydroxylation is 1. The zero-order chi connectivity index (χ0) is 37.2. The minimum absolute atomic E-state index is 0.199. The molecule has 3 fully saturated rings. The number of para-hydroxylation sites is 1. The molecule has 2 N–H and O–H groups in total. The van der Waals surface area contributed by atoms with Crippen LogP contribution in [0.1, 0.15) is 78.3 Å². The number of halogens is 4.